The average molecular weight is 360 g/mol. The smallest absolute Gasteiger partial charge is 0.238 e. The second-order valence-electron chi connectivity index (χ2n) is 5.49. The van der Waals surface area contributed by atoms with Gasteiger partial charge in [-0.05, 0) is 6.92 Å². The molecule has 0 saturated carbocycles. The maximum atomic E-state index is 12.3. The Balaban J connectivity index is 0.00000288. The minimum atomic E-state index is -0.0620. The minimum Gasteiger partial charge on any atom is -0.493 e. The van der Waals surface area contributed by atoms with E-state index in [0.717, 1.165) is 19.6 Å². The third-order valence-corrected chi connectivity index (χ3v) is 3.93. The van der Waals surface area contributed by atoms with Gasteiger partial charge < -0.3 is 24.8 Å². The molecule has 8 heteroatoms. The number of carbonyl (C=O) groups is 1. The number of carbonyl (C=O) groups excluding carboxylic acids is 1. The fourth-order valence-electron chi connectivity index (χ4n) is 2.66. The van der Waals surface area contributed by atoms with Crippen LogP contribution in [0.1, 0.15) is 6.92 Å². The molecule has 1 fully saturated rings. The zero-order valence-corrected chi connectivity index (χ0v) is 15.4. The lowest BCUT2D eigenvalue weighted by Gasteiger charge is -2.33. The highest BCUT2D eigenvalue weighted by atomic mass is 35.5. The molecule has 0 aliphatic carbocycles. The van der Waals surface area contributed by atoms with Crippen LogP contribution in [0.4, 0.5) is 5.69 Å². The van der Waals surface area contributed by atoms with Crippen LogP contribution in [0.15, 0.2) is 12.1 Å². The highest BCUT2D eigenvalue weighted by Gasteiger charge is 2.21. The first-order valence-electron chi connectivity index (χ1n) is 7.63. The van der Waals surface area contributed by atoms with Crippen LogP contribution in [-0.2, 0) is 4.79 Å². The Morgan fingerprint density at radius 3 is 2.38 bits per heavy atom. The summed E-state index contributed by atoms with van der Waals surface area (Å²) in [6.45, 7) is 5.14. The maximum Gasteiger partial charge on any atom is 0.238 e. The molecule has 24 heavy (non-hydrogen) atoms. The second kappa shape index (κ2) is 9.56. The van der Waals surface area contributed by atoms with Gasteiger partial charge in [0.15, 0.2) is 11.5 Å². The van der Waals surface area contributed by atoms with Crippen molar-refractivity contribution in [1.29, 1.82) is 0 Å². The van der Waals surface area contributed by atoms with E-state index >= 15 is 0 Å². The van der Waals surface area contributed by atoms with Crippen LogP contribution in [0.5, 0.6) is 17.2 Å². The molecule has 0 aromatic heterocycles. The third-order valence-electron chi connectivity index (χ3n) is 3.93. The zero-order valence-electron chi connectivity index (χ0n) is 14.5. The summed E-state index contributed by atoms with van der Waals surface area (Å²) in [4.78, 5) is 14.5. The summed E-state index contributed by atoms with van der Waals surface area (Å²) in [6.07, 6.45) is 0. The predicted molar refractivity (Wildman–Crippen MR) is 95.9 cm³/mol. The number of nitrogens with zero attached hydrogens (tertiary/aromatic N) is 1. The Hall–Kier alpha value is -1.70. The minimum absolute atomic E-state index is 0. The van der Waals surface area contributed by atoms with Gasteiger partial charge in [0, 0.05) is 43.5 Å². The fraction of sp³-hybridized carbons (Fsp3) is 0.562. The van der Waals surface area contributed by atoms with Crippen molar-refractivity contribution in [1.82, 2.24) is 10.2 Å². The first-order chi connectivity index (χ1) is 11.1. The molecule has 1 heterocycles. The molecule has 0 spiro atoms. The van der Waals surface area contributed by atoms with Crippen LogP contribution in [0.3, 0.4) is 0 Å². The summed E-state index contributed by atoms with van der Waals surface area (Å²) < 4.78 is 15.9. The van der Waals surface area contributed by atoms with Crippen LogP contribution in [0, 0.1) is 0 Å². The van der Waals surface area contributed by atoms with E-state index in [1.807, 2.05) is 0 Å². The van der Waals surface area contributed by atoms with Gasteiger partial charge in [-0.2, -0.15) is 0 Å². The SMILES string of the molecule is COc1cc(NC(=O)CN2CCNC[C@@H]2C)cc(OC)c1OC.Cl. The van der Waals surface area contributed by atoms with Crippen molar-refractivity contribution >= 4 is 24.0 Å². The van der Waals surface area contributed by atoms with E-state index in [0.29, 0.717) is 35.5 Å². The first-order valence-corrected chi connectivity index (χ1v) is 7.63. The largest absolute Gasteiger partial charge is 0.493 e. The molecule has 2 rings (SSSR count). The van der Waals surface area contributed by atoms with Crippen LogP contribution < -0.4 is 24.8 Å². The Morgan fingerprint density at radius 1 is 1.25 bits per heavy atom. The molecule has 2 N–H and O–H groups in total. The number of halogens is 1. The van der Waals surface area contributed by atoms with Crippen LogP contribution in [-0.4, -0.2) is 64.4 Å². The monoisotopic (exact) mass is 359 g/mol. The second-order valence-corrected chi connectivity index (χ2v) is 5.49. The fourth-order valence-corrected chi connectivity index (χ4v) is 2.66. The average Bonchev–Trinajstić information content (AvgIpc) is 2.55. The Morgan fingerprint density at radius 2 is 1.88 bits per heavy atom. The third kappa shape index (κ3) is 4.90. The molecule has 0 bridgehead atoms. The Kier molecular flexibility index (Phi) is 8.10. The van der Waals surface area contributed by atoms with Crippen LogP contribution >= 0.6 is 12.4 Å². The lowest BCUT2D eigenvalue weighted by Crippen LogP contribution is -2.51. The van der Waals surface area contributed by atoms with Crippen LogP contribution in [0.25, 0.3) is 0 Å². The quantitative estimate of drug-likeness (QED) is 0.799. The molecule has 1 atom stereocenters. The van der Waals surface area contributed by atoms with E-state index in [-0.39, 0.29) is 18.3 Å². The number of amides is 1. The highest BCUT2D eigenvalue weighted by Crippen LogP contribution is 2.39. The van der Waals surface area contributed by atoms with E-state index in [1.165, 1.54) is 0 Å². The molecule has 136 valence electrons. The summed E-state index contributed by atoms with van der Waals surface area (Å²) in [5.41, 5.74) is 0.618. The number of benzene rings is 1. The Labute approximate surface area is 149 Å². The van der Waals surface area contributed by atoms with Gasteiger partial charge in [0.25, 0.3) is 0 Å². The molecule has 7 nitrogen and oxygen atoms in total. The molecule has 1 amide bonds. The lowest BCUT2D eigenvalue weighted by atomic mass is 10.2. The molecule has 0 unspecified atom stereocenters. The number of hydrogen-bond donors (Lipinski definition) is 2. The molecule has 1 aromatic carbocycles. The Bertz CT molecular complexity index is 531. The van der Waals surface area contributed by atoms with Crippen molar-refractivity contribution in [3.63, 3.8) is 0 Å². The van der Waals surface area contributed by atoms with Gasteiger partial charge >= 0.3 is 0 Å². The number of methoxy groups -OCH3 is 3. The highest BCUT2D eigenvalue weighted by molar-refractivity contribution is 5.93. The molecular weight excluding hydrogens is 334 g/mol. The summed E-state index contributed by atoms with van der Waals surface area (Å²) in [5, 5.41) is 6.20. The normalized spacial score (nSPS) is 17.6. The van der Waals surface area contributed by atoms with Gasteiger partial charge in [-0.1, -0.05) is 0 Å². The van der Waals surface area contributed by atoms with Crippen molar-refractivity contribution in [2.45, 2.75) is 13.0 Å². The van der Waals surface area contributed by atoms with E-state index in [9.17, 15) is 4.79 Å². The van der Waals surface area contributed by atoms with Crippen molar-refractivity contribution in [2.24, 2.45) is 0 Å². The summed E-state index contributed by atoms with van der Waals surface area (Å²) >= 11 is 0. The molecule has 1 aromatic rings. The summed E-state index contributed by atoms with van der Waals surface area (Å²) in [7, 11) is 4.64. The number of nitrogens with one attached hydrogen (secondary N) is 2. The number of ether oxygens (including phenoxy) is 3. The first kappa shape index (κ1) is 20.3. The summed E-state index contributed by atoms with van der Waals surface area (Å²) in [5.74, 6) is 1.46. The molecule has 0 radical (unpaired) electrons. The number of anilines is 1. The number of piperazine rings is 1. The maximum absolute atomic E-state index is 12.3. The zero-order chi connectivity index (χ0) is 16.8. The standard InChI is InChI=1S/C16H25N3O4.ClH/c1-11-9-17-5-6-19(11)10-15(20)18-12-7-13(21-2)16(23-4)14(8-12)22-3;/h7-8,11,17H,5-6,9-10H2,1-4H3,(H,18,20);1H/t11-;/m0./s1. The van der Waals surface area contributed by atoms with Gasteiger partial charge in [-0.25, -0.2) is 0 Å². The van der Waals surface area contributed by atoms with Gasteiger partial charge in [-0.15, -0.1) is 12.4 Å². The van der Waals surface area contributed by atoms with Gasteiger partial charge in [0.1, 0.15) is 0 Å². The summed E-state index contributed by atoms with van der Waals surface area (Å²) in [6, 6.07) is 3.79. The lowest BCUT2D eigenvalue weighted by molar-refractivity contribution is -0.118. The number of rotatable bonds is 6. The molecule has 1 saturated heterocycles. The van der Waals surface area contributed by atoms with Gasteiger partial charge in [0.05, 0.1) is 27.9 Å². The van der Waals surface area contributed by atoms with Crippen molar-refractivity contribution in [3.8, 4) is 17.2 Å². The van der Waals surface area contributed by atoms with E-state index in [1.54, 1.807) is 33.5 Å². The molecule has 1 aliphatic heterocycles. The molecular formula is C16H26ClN3O4. The van der Waals surface area contributed by atoms with E-state index in [4.69, 9.17) is 14.2 Å². The topological polar surface area (TPSA) is 72.1 Å². The molecule has 1 aliphatic rings. The van der Waals surface area contributed by atoms with E-state index in [2.05, 4.69) is 22.5 Å². The van der Waals surface area contributed by atoms with Gasteiger partial charge in [-0.3, -0.25) is 9.69 Å². The number of hydrogen-bond acceptors (Lipinski definition) is 6. The van der Waals surface area contributed by atoms with E-state index < -0.39 is 0 Å². The van der Waals surface area contributed by atoms with Crippen molar-refractivity contribution in [3.05, 3.63) is 12.1 Å². The van der Waals surface area contributed by atoms with Gasteiger partial charge in [0.2, 0.25) is 11.7 Å². The van der Waals surface area contributed by atoms with Crippen LogP contribution in [0.2, 0.25) is 0 Å². The van der Waals surface area contributed by atoms with Crippen molar-refractivity contribution in [2.75, 3.05) is 52.8 Å². The van der Waals surface area contributed by atoms with Crippen molar-refractivity contribution < 1.29 is 19.0 Å². The predicted octanol–water partition coefficient (Wildman–Crippen LogP) is 1.37.